The van der Waals surface area contributed by atoms with Crippen molar-refractivity contribution >= 4 is 22.4 Å². The van der Waals surface area contributed by atoms with Crippen LogP contribution >= 0.6 is 0 Å². The molecule has 0 aliphatic carbocycles. The molecule has 0 fully saturated rings. The molecule has 0 saturated heterocycles. The molecule has 1 amide bonds. The van der Waals surface area contributed by atoms with Crippen LogP contribution in [0.25, 0.3) is 10.8 Å². The Morgan fingerprint density at radius 1 is 1.14 bits per heavy atom. The molecular formula is C23H24FN3O2. The van der Waals surface area contributed by atoms with Crippen molar-refractivity contribution in [3.8, 4) is 0 Å². The number of amides is 1. The van der Waals surface area contributed by atoms with Crippen molar-refractivity contribution in [1.82, 2.24) is 9.78 Å². The first-order valence-electron chi connectivity index (χ1n) is 10.2. The summed E-state index contributed by atoms with van der Waals surface area (Å²) in [5, 5.41) is 5.49. The molecule has 3 aromatic rings. The Balaban J connectivity index is 1.82. The lowest BCUT2D eigenvalue weighted by Gasteiger charge is -2.29. The number of fused-ring (bicyclic) bond motifs is 2. The molecule has 0 radical (unpaired) electrons. The van der Waals surface area contributed by atoms with Gasteiger partial charge < -0.3 is 4.90 Å². The zero-order chi connectivity index (χ0) is 20.4. The Morgan fingerprint density at radius 3 is 2.72 bits per heavy atom. The second-order valence-corrected chi connectivity index (χ2v) is 7.46. The average Bonchev–Trinajstić information content (AvgIpc) is 2.74. The first-order chi connectivity index (χ1) is 14.1. The Hall–Kier alpha value is -3.02. The summed E-state index contributed by atoms with van der Waals surface area (Å²) in [6, 6.07) is 11.6. The Morgan fingerprint density at radius 2 is 1.93 bits per heavy atom. The minimum atomic E-state index is -0.370. The fourth-order valence-electron chi connectivity index (χ4n) is 3.94. The number of aromatic nitrogens is 2. The highest BCUT2D eigenvalue weighted by Gasteiger charge is 2.27. The first-order valence-corrected chi connectivity index (χ1v) is 10.2. The third kappa shape index (κ3) is 3.67. The van der Waals surface area contributed by atoms with Gasteiger partial charge >= 0.3 is 0 Å². The van der Waals surface area contributed by atoms with E-state index in [-0.39, 0.29) is 23.0 Å². The molecule has 0 unspecified atom stereocenters. The number of anilines is 1. The van der Waals surface area contributed by atoms with E-state index in [2.05, 4.69) is 12.0 Å². The van der Waals surface area contributed by atoms with E-state index in [4.69, 9.17) is 0 Å². The van der Waals surface area contributed by atoms with Crippen molar-refractivity contribution in [2.24, 2.45) is 0 Å². The molecule has 29 heavy (non-hydrogen) atoms. The van der Waals surface area contributed by atoms with Crippen LogP contribution in [-0.4, -0.2) is 22.2 Å². The third-order valence-corrected chi connectivity index (χ3v) is 5.45. The van der Waals surface area contributed by atoms with Gasteiger partial charge in [-0.1, -0.05) is 44.0 Å². The summed E-state index contributed by atoms with van der Waals surface area (Å²) in [4.78, 5) is 27.9. The van der Waals surface area contributed by atoms with Gasteiger partial charge in [0.1, 0.15) is 5.82 Å². The van der Waals surface area contributed by atoms with E-state index in [0.717, 1.165) is 37.7 Å². The van der Waals surface area contributed by atoms with Crippen molar-refractivity contribution in [2.75, 3.05) is 11.4 Å². The minimum absolute atomic E-state index is 0.182. The summed E-state index contributed by atoms with van der Waals surface area (Å²) in [5.74, 6) is -0.664. The van der Waals surface area contributed by atoms with Gasteiger partial charge in [-0.15, -0.1) is 0 Å². The fourth-order valence-corrected chi connectivity index (χ4v) is 3.94. The summed E-state index contributed by atoms with van der Waals surface area (Å²) in [7, 11) is 0. The molecule has 0 spiro atoms. The monoisotopic (exact) mass is 393 g/mol. The van der Waals surface area contributed by atoms with E-state index in [1.807, 2.05) is 0 Å². The number of hydrogen-bond donors (Lipinski definition) is 0. The van der Waals surface area contributed by atoms with Gasteiger partial charge in [-0.3, -0.25) is 9.59 Å². The number of carbonyl (C=O) groups excluding carboxylic acids is 1. The topological polar surface area (TPSA) is 55.2 Å². The number of aryl methyl sites for hydroxylation is 2. The van der Waals surface area contributed by atoms with Gasteiger partial charge in [-0.2, -0.15) is 5.10 Å². The predicted molar refractivity (Wildman–Crippen MR) is 112 cm³/mol. The van der Waals surface area contributed by atoms with Crippen LogP contribution < -0.4 is 10.5 Å². The van der Waals surface area contributed by atoms with Crippen LogP contribution in [0.3, 0.4) is 0 Å². The van der Waals surface area contributed by atoms with E-state index in [0.29, 0.717) is 29.5 Å². The highest BCUT2D eigenvalue weighted by Crippen LogP contribution is 2.30. The maximum Gasteiger partial charge on any atom is 0.279 e. The van der Waals surface area contributed by atoms with E-state index in [1.54, 1.807) is 35.2 Å². The summed E-state index contributed by atoms with van der Waals surface area (Å²) in [6.45, 7) is 3.07. The zero-order valence-corrected chi connectivity index (χ0v) is 16.5. The lowest BCUT2D eigenvalue weighted by Crippen LogP contribution is -2.38. The molecule has 1 aliphatic heterocycles. The molecule has 1 aliphatic rings. The maximum absolute atomic E-state index is 13.9. The van der Waals surface area contributed by atoms with Crippen molar-refractivity contribution in [3.05, 3.63) is 69.9 Å². The average molecular weight is 393 g/mol. The third-order valence-electron chi connectivity index (χ3n) is 5.45. The minimum Gasteiger partial charge on any atom is -0.307 e. The molecule has 1 aromatic heterocycles. The van der Waals surface area contributed by atoms with Crippen LogP contribution in [0.15, 0.2) is 47.3 Å². The summed E-state index contributed by atoms with van der Waals surface area (Å²) >= 11 is 0. The molecular weight excluding hydrogens is 369 g/mol. The van der Waals surface area contributed by atoms with Gasteiger partial charge in [0.2, 0.25) is 0 Å². The zero-order valence-electron chi connectivity index (χ0n) is 16.5. The lowest BCUT2D eigenvalue weighted by atomic mass is 10.0. The van der Waals surface area contributed by atoms with Crippen LogP contribution in [0.1, 0.15) is 48.7 Å². The number of nitrogens with zero attached hydrogens (tertiary/aromatic N) is 3. The number of hydrogen-bond acceptors (Lipinski definition) is 3. The van der Waals surface area contributed by atoms with Crippen molar-refractivity contribution in [2.45, 2.75) is 45.6 Å². The predicted octanol–water partition coefficient (Wildman–Crippen LogP) is 4.32. The summed E-state index contributed by atoms with van der Waals surface area (Å²) < 4.78 is 15.3. The van der Waals surface area contributed by atoms with Crippen LogP contribution in [-0.2, 0) is 13.0 Å². The standard InChI is InChI=1S/C23H24FN3O2/c1-2-3-6-14-27-22(28)19-10-5-4-9-18(19)21(25-27)23(29)26-13-7-8-16-11-12-17(24)15-20(16)26/h4-5,9-12,15H,2-3,6-8,13-14H2,1H3. The van der Waals surface area contributed by atoms with Gasteiger partial charge in [-0.05, 0) is 43.0 Å². The van der Waals surface area contributed by atoms with Gasteiger partial charge in [0.25, 0.3) is 11.5 Å². The lowest BCUT2D eigenvalue weighted by molar-refractivity contribution is 0.0979. The molecule has 150 valence electrons. The Bertz CT molecular complexity index is 1120. The molecule has 5 nitrogen and oxygen atoms in total. The number of carbonyl (C=O) groups is 1. The molecule has 0 saturated carbocycles. The first kappa shape index (κ1) is 19.3. The van der Waals surface area contributed by atoms with E-state index in [9.17, 15) is 14.0 Å². The highest BCUT2D eigenvalue weighted by atomic mass is 19.1. The Labute approximate surface area is 168 Å². The number of halogens is 1. The summed E-state index contributed by atoms with van der Waals surface area (Å²) in [6.07, 6.45) is 4.46. The maximum atomic E-state index is 13.9. The van der Waals surface area contributed by atoms with Crippen LogP contribution in [0.5, 0.6) is 0 Å². The number of unbranched alkanes of at least 4 members (excludes halogenated alkanes) is 2. The highest BCUT2D eigenvalue weighted by molar-refractivity contribution is 6.12. The van der Waals surface area contributed by atoms with E-state index >= 15 is 0 Å². The van der Waals surface area contributed by atoms with Crippen LogP contribution in [0, 0.1) is 5.82 Å². The molecule has 2 aromatic carbocycles. The van der Waals surface area contributed by atoms with E-state index < -0.39 is 0 Å². The van der Waals surface area contributed by atoms with Crippen molar-refractivity contribution in [3.63, 3.8) is 0 Å². The van der Waals surface area contributed by atoms with E-state index in [1.165, 1.54) is 16.8 Å². The van der Waals surface area contributed by atoms with Crippen molar-refractivity contribution in [1.29, 1.82) is 0 Å². The number of benzene rings is 2. The molecule has 0 atom stereocenters. The molecule has 6 heteroatoms. The van der Waals surface area contributed by atoms with Gasteiger partial charge in [0, 0.05) is 18.5 Å². The van der Waals surface area contributed by atoms with Crippen molar-refractivity contribution < 1.29 is 9.18 Å². The van der Waals surface area contributed by atoms with Gasteiger partial charge in [0.15, 0.2) is 5.69 Å². The SMILES string of the molecule is CCCCCn1nc(C(=O)N2CCCc3ccc(F)cc32)c2ccccc2c1=O. The normalized spacial score (nSPS) is 13.5. The largest absolute Gasteiger partial charge is 0.307 e. The fraction of sp³-hybridized carbons (Fsp3) is 0.348. The number of rotatable bonds is 5. The second kappa shape index (κ2) is 8.15. The van der Waals surface area contributed by atoms with Crippen LogP contribution in [0.4, 0.5) is 10.1 Å². The smallest absolute Gasteiger partial charge is 0.279 e. The second-order valence-electron chi connectivity index (χ2n) is 7.46. The molecule has 2 heterocycles. The van der Waals surface area contributed by atoms with Gasteiger partial charge in [0.05, 0.1) is 11.1 Å². The van der Waals surface area contributed by atoms with Crippen LogP contribution in [0.2, 0.25) is 0 Å². The molecule has 0 N–H and O–H groups in total. The van der Waals surface area contributed by atoms with Gasteiger partial charge in [-0.25, -0.2) is 9.07 Å². The Kier molecular flexibility index (Phi) is 5.43. The summed E-state index contributed by atoms with van der Waals surface area (Å²) in [5.41, 5.74) is 1.61. The quantitative estimate of drug-likeness (QED) is 0.607. The molecule has 4 rings (SSSR count). The molecule has 0 bridgehead atoms.